The van der Waals surface area contributed by atoms with Crippen molar-refractivity contribution >= 4 is 0 Å². The van der Waals surface area contributed by atoms with E-state index in [1.165, 1.54) is 32.4 Å². The molecule has 2 rings (SSSR count). The third-order valence-electron chi connectivity index (χ3n) is 2.82. The SMILES string of the molecule is CC1CNCCN1.CN1CCCCC1. The molecule has 2 saturated heterocycles. The Labute approximate surface area is 88.2 Å². The zero-order chi connectivity index (χ0) is 10.2. The molecule has 0 aromatic rings. The first-order chi connectivity index (χ1) is 6.79. The van der Waals surface area contributed by atoms with Crippen molar-refractivity contribution in [2.24, 2.45) is 0 Å². The minimum absolute atomic E-state index is 0.675. The monoisotopic (exact) mass is 199 g/mol. The van der Waals surface area contributed by atoms with E-state index in [9.17, 15) is 0 Å². The molecule has 2 N–H and O–H groups in total. The second-order valence-electron chi connectivity index (χ2n) is 4.42. The molecule has 2 aliphatic rings. The normalized spacial score (nSPS) is 29.1. The average molecular weight is 199 g/mol. The largest absolute Gasteiger partial charge is 0.314 e. The molecule has 0 amide bonds. The van der Waals surface area contributed by atoms with Gasteiger partial charge in [-0.05, 0) is 39.9 Å². The minimum Gasteiger partial charge on any atom is -0.314 e. The van der Waals surface area contributed by atoms with E-state index in [1.54, 1.807) is 0 Å². The highest BCUT2D eigenvalue weighted by molar-refractivity contribution is 4.69. The van der Waals surface area contributed by atoms with Crippen LogP contribution in [0.2, 0.25) is 0 Å². The minimum atomic E-state index is 0.675. The predicted octanol–water partition coefficient (Wildman–Crippen LogP) is 0.670. The van der Waals surface area contributed by atoms with Crippen molar-refractivity contribution in [2.45, 2.75) is 32.2 Å². The van der Waals surface area contributed by atoms with Crippen LogP contribution < -0.4 is 10.6 Å². The zero-order valence-corrected chi connectivity index (χ0v) is 9.68. The van der Waals surface area contributed by atoms with Gasteiger partial charge in [0.1, 0.15) is 0 Å². The number of hydrogen-bond donors (Lipinski definition) is 2. The molecule has 2 aliphatic heterocycles. The molecule has 0 spiro atoms. The Morgan fingerprint density at radius 3 is 2.07 bits per heavy atom. The molecule has 0 aliphatic carbocycles. The number of hydrogen-bond acceptors (Lipinski definition) is 3. The third kappa shape index (κ3) is 5.58. The highest BCUT2D eigenvalue weighted by atomic mass is 15.1. The molecular formula is C11H25N3. The van der Waals surface area contributed by atoms with Crippen LogP contribution in [0, 0.1) is 0 Å². The second kappa shape index (κ2) is 7.21. The number of likely N-dealkylation sites (tertiary alicyclic amines) is 1. The maximum atomic E-state index is 3.32. The molecule has 2 heterocycles. The zero-order valence-electron chi connectivity index (χ0n) is 9.68. The van der Waals surface area contributed by atoms with Gasteiger partial charge < -0.3 is 15.5 Å². The fraction of sp³-hybridized carbons (Fsp3) is 1.00. The lowest BCUT2D eigenvalue weighted by atomic mass is 10.1. The lowest BCUT2D eigenvalue weighted by Gasteiger charge is -2.20. The Kier molecular flexibility index (Phi) is 6.15. The average Bonchev–Trinajstić information content (AvgIpc) is 2.21. The molecule has 1 atom stereocenters. The van der Waals surface area contributed by atoms with Crippen LogP contribution in [-0.2, 0) is 0 Å². The molecular weight excluding hydrogens is 174 g/mol. The Hall–Kier alpha value is -0.120. The molecule has 2 fully saturated rings. The van der Waals surface area contributed by atoms with E-state index in [4.69, 9.17) is 0 Å². The van der Waals surface area contributed by atoms with Crippen LogP contribution in [0.1, 0.15) is 26.2 Å². The van der Waals surface area contributed by atoms with E-state index in [-0.39, 0.29) is 0 Å². The first kappa shape index (κ1) is 12.0. The van der Waals surface area contributed by atoms with Crippen LogP contribution >= 0.6 is 0 Å². The van der Waals surface area contributed by atoms with Crippen molar-refractivity contribution in [2.75, 3.05) is 39.8 Å². The van der Waals surface area contributed by atoms with Crippen LogP contribution in [0.4, 0.5) is 0 Å². The fourth-order valence-electron chi connectivity index (χ4n) is 1.85. The fourth-order valence-corrected chi connectivity index (χ4v) is 1.85. The van der Waals surface area contributed by atoms with E-state index in [0.29, 0.717) is 6.04 Å². The Morgan fingerprint density at radius 1 is 1.07 bits per heavy atom. The summed E-state index contributed by atoms with van der Waals surface area (Å²) in [4.78, 5) is 2.39. The van der Waals surface area contributed by atoms with Gasteiger partial charge >= 0.3 is 0 Å². The van der Waals surface area contributed by atoms with Crippen molar-refractivity contribution < 1.29 is 0 Å². The van der Waals surface area contributed by atoms with Crippen molar-refractivity contribution in [3.05, 3.63) is 0 Å². The highest BCUT2D eigenvalue weighted by Crippen LogP contribution is 2.04. The molecule has 0 saturated carbocycles. The van der Waals surface area contributed by atoms with Gasteiger partial charge in [0.2, 0.25) is 0 Å². The van der Waals surface area contributed by atoms with E-state index >= 15 is 0 Å². The first-order valence-electron chi connectivity index (χ1n) is 5.91. The van der Waals surface area contributed by atoms with Gasteiger partial charge in [0.25, 0.3) is 0 Å². The van der Waals surface area contributed by atoms with Gasteiger partial charge in [-0.1, -0.05) is 6.42 Å². The Morgan fingerprint density at radius 2 is 1.79 bits per heavy atom. The smallest absolute Gasteiger partial charge is 0.0164 e. The summed E-state index contributed by atoms with van der Waals surface area (Å²) < 4.78 is 0. The van der Waals surface area contributed by atoms with Gasteiger partial charge in [-0.25, -0.2) is 0 Å². The number of nitrogens with zero attached hydrogens (tertiary/aromatic N) is 1. The van der Waals surface area contributed by atoms with Crippen molar-refractivity contribution in [3.63, 3.8) is 0 Å². The Balaban J connectivity index is 0.000000140. The van der Waals surface area contributed by atoms with Gasteiger partial charge in [-0.2, -0.15) is 0 Å². The highest BCUT2D eigenvalue weighted by Gasteiger charge is 2.03. The molecule has 0 radical (unpaired) electrons. The molecule has 0 bridgehead atoms. The van der Waals surface area contributed by atoms with Gasteiger partial charge in [-0.3, -0.25) is 0 Å². The van der Waals surface area contributed by atoms with Crippen LogP contribution in [0.3, 0.4) is 0 Å². The van der Waals surface area contributed by atoms with E-state index in [0.717, 1.165) is 19.6 Å². The number of nitrogens with one attached hydrogen (secondary N) is 2. The molecule has 1 unspecified atom stereocenters. The van der Waals surface area contributed by atoms with Crippen molar-refractivity contribution in [3.8, 4) is 0 Å². The maximum Gasteiger partial charge on any atom is 0.0164 e. The standard InChI is InChI=1S/C6H13N.C5H12N2/c1-7-5-3-2-4-6-7;1-5-4-6-2-3-7-5/h2-6H2,1H3;5-7H,2-4H2,1H3. The van der Waals surface area contributed by atoms with Crippen LogP contribution in [-0.4, -0.2) is 50.7 Å². The summed E-state index contributed by atoms with van der Waals surface area (Å²) in [6.07, 6.45) is 4.28. The Bertz CT molecular complexity index is 110. The molecule has 0 aromatic carbocycles. The summed E-state index contributed by atoms with van der Waals surface area (Å²) in [5.41, 5.74) is 0. The van der Waals surface area contributed by atoms with Gasteiger partial charge in [0.15, 0.2) is 0 Å². The molecule has 3 nitrogen and oxygen atoms in total. The lowest BCUT2D eigenvalue weighted by Crippen LogP contribution is -2.46. The molecule has 14 heavy (non-hydrogen) atoms. The quantitative estimate of drug-likeness (QED) is 0.600. The second-order valence-corrected chi connectivity index (χ2v) is 4.42. The summed E-state index contributed by atoms with van der Waals surface area (Å²) in [6.45, 7) is 8.21. The van der Waals surface area contributed by atoms with Crippen molar-refractivity contribution in [1.82, 2.24) is 15.5 Å². The number of piperazine rings is 1. The molecule has 0 aromatic heterocycles. The molecule has 84 valence electrons. The molecule has 3 heteroatoms. The van der Waals surface area contributed by atoms with Crippen molar-refractivity contribution in [1.29, 1.82) is 0 Å². The number of piperidine rings is 1. The van der Waals surface area contributed by atoms with Crippen LogP contribution in [0.25, 0.3) is 0 Å². The summed E-state index contributed by atoms with van der Waals surface area (Å²) in [6, 6.07) is 0.675. The van der Waals surface area contributed by atoms with Crippen LogP contribution in [0.15, 0.2) is 0 Å². The summed E-state index contributed by atoms with van der Waals surface area (Å²) in [7, 11) is 2.19. The summed E-state index contributed by atoms with van der Waals surface area (Å²) >= 11 is 0. The first-order valence-corrected chi connectivity index (χ1v) is 5.91. The van der Waals surface area contributed by atoms with Crippen LogP contribution in [0.5, 0.6) is 0 Å². The number of rotatable bonds is 0. The lowest BCUT2D eigenvalue weighted by molar-refractivity contribution is 0.277. The summed E-state index contributed by atoms with van der Waals surface area (Å²) in [5.74, 6) is 0. The predicted molar refractivity (Wildman–Crippen MR) is 61.7 cm³/mol. The van der Waals surface area contributed by atoms with Gasteiger partial charge in [-0.15, -0.1) is 0 Å². The van der Waals surface area contributed by atoms with E-state index in [1.807, 2.05) is 0 Å². The maximum absolute atomic E-state index is 3.32. The summed E-state index contributed by atoms with van der Waals surface area (Å²) in [5, 5.41) is 6.59. The van der Waals surface area contributed by atoms with Gasteiger partial charge in [0, 0.05) is 25.7 Å². The third-order valence-corrected chi connectivity index (χ3v) is 2.82. The van der Waals surface area contributed by atoms with E-state index < -0.39 is 0 Å². The van der Waals surface area contributed by atoms with Gasteiger partial charge in [0.05, 0.1) is 0 Å². The topological polar surface area (TPSA) is 27.3 Å². The van der Waals surface area contributed by atoms with E-state index in [2.05, 4.69) is 29.5 Å².